The van der Waals surface area contributed by atoms with E-state index in [-0.39, 0.29) is 29.6 Å². The molecule has 0 saturated carbocycles. The second-order valence-corrected chi connectivity index (χ2v) is 1.84. The van der Waals surface area contributed by atoms with Crippen LogP contribution in [0.15, 0.2) is 0 Å². The topological polar surface area (TPSA) is 40.1 Å². The van der Waals surface area contributed by atoms with E-state index in [0.29, 0.717) is 0 Å². The molecular formula is C4HF6NaO2. The molecule has 2 nitrogen and oxygen atoms in total. The first-order valence-electron chi connectivity index (χ1n) is 2.41. The predicted molar refractivity (Wildman–Crippen MR) is 20.6 cm³/mol. The SMILES string of the molecule is O=C([O-])C(C(F)(F)F)C(F)(F)F.[Na+]. The molecule has 9 heteroatoms. The molecule has 0 N–H and O–H groups in total. The van der Waals surface area contributed by atoms with Crippen LogP contribution >= 0.6 is 0 Å². The first-order chi connectivity index (χ1) is 5.07. The Bertz CT molecular complexity index is 170. The van der Waals surface area contributed by atoms with Gasteiger partial charge in [-0.2, -0.15) is 26.3 Å². The number of hydrogen-bond donors (Lipinski definition) is 0. The fourth-order valence-electron chi connectivity index (χ4n) is 0.453. The van der Waals surface area contributed by atoms with Gasteiger partial charge in [-0.25, -0.2) is 0 Å². The Kier molecular flexibility index (Phi) is 5.39. The van der Waals surface area contributed by atoms with Crippen molar-refractivity contribution in [3.05, 3.63) is 0 Å². The smallest absolute Gasteiger partial charge is 0.549 e. The molecule has 0 aliphatic rings. The van der Waals surface area contributed by atoms with Crippen LogP contribution < -0.4 is 34.7 Å². The van der Waals surface area contributed by atoms with Gasteiger partial charge >= 0.3 is 41.9 Å². The number of carbonyl (C=O) groups excluding carboxylic acids is 1. The third-order valence-electron chi connectivity index (χ3n) is 0.890. The Labute approximate surface area is 90.2 Å². The van der Waals surface area contributed by atoms with Crippen molar-refractivity contribution in [1.82, 2.24) is 0 Å². The van der Waals surface area contributed by atoms with Gasteiger partial charge in [-0.15, -0.1) is 0 Å². The molecule has 0 unspecified atom stereocenters. The zero-order chi connectivity index (χ0) is 10.2. The van der Waals surface area contributed by atoms with Gasteiger partial charge in [-0.05, 0) is 0 Å². The number of aliphatic carboxylic acids is 1. The molecule has 72 valence electrons. The molecule has 0 fully saturated rings. The van der Waals surface area contributed by atoms with Crippen LogP contribution in [-0.4, -0.2) is 18.3 Å². The molecule has 0 aromatic rings. The monoisotopic (exact) mass is 218 g/mol. The van der Waals surface area contributed by atoms with E-state index in [4.69, 9.17) is 0 Å². The number of alkyl halides is 6. The van der Waals surface area contributed by atoms with Gasteiger partial charge in [0.15, 0.2) is 5.92 Å². The van der Waals surface area contributed by atoms with Crippen molar-refractivity contribution in [2.24, 2.45) is 5.92 Å². The second kappa shape index (κ2) is 4.52. The van der Waals surface area contributed by atoms with Crippen LogP contribution in [0, 0.1) is 5.92 Å². The second-order valence-electron chi connectivity index (χ2n) is 1.84. The van der Waals surface area contributed by atoms with Crippen LogP contribution in [0.1, 0.15) is 0 Å². The van der Waals surface area contributed by atoms with Gasteiger partial charge in [-0.1, -0.05) is 0 Å². The van der Waals surface area contributed by atoms with Crippen LogP contribution in [-0.2, 0) is 4.79 Å². The van der Waals surface area contributed by atoms with E-state index in [1.165, 1.54) is 0 Å². The fraction of sp³-hybridized carbons (Fsp3) is 0.750. The first-order valence-corrected chi connectivity index (χ1v) is 2.41. The molecule has 0 aromatic carbocycles. The normalized spacial score (nSPS) is 12.5. The summed E-state index contributed by atoms with van der Waals surface area (Å²) in [5.41, 5.74) is 0. The molecule has 0 aliphatic carbocycles. The maximum absolute atomic E-state index is 11.3. The van der Waals surface area contributed by atoms with Crippen LogP contribution in [0.4, 0.5) is 26.3 Å². The van der Waals surface area contributed by atoms with Crippen LogP contribution in [0.5, 0.6) is 0 Å². The van der Waals surface area contributed by atoms with E-state index in [0.717, 1.165) is 0 Å². The summed E-state index contributed by atoms with van der Waals surface area (Å²) in [6, 6.07) is 0. The number of carbonyl (C=O) groups is 1. The largest absolute Gasteiger partial charge is 1.00 e. The summed E-state index contributed by atoms with van der Waals surface area (Å²) in [7, 11) is 0. The quantitative estimate of drug-likeness (QED) is 0.360. The van der Waals surface area contributed by atoms with Crippen molar-refractivity contribution in [1.29, 1.82) is 0 Å². The minimum Gasteiger partial charge on any atom is -0.549 e. The van der Waals surface area contributed by atoms with Gasteiger partial charge in [0.25, 0.3) is 0 Å². The van der Waals surface area contributed by atoms with Gasteiger partial charge in [0.05, 0.1) is 5.97 Å². The molecule has 0 saturated heterocycles. The van der Waals surface area contributed by atoms with Crippen LogP contribution in [0.25, 0.3) is 0 Å². The average molecular weight is 218 g/mol. The van der Waals surface area contributed by atoms with Crippen LogP contribution in [0.2, 0.25) is 0 Å². The predicted octanol–water partition coefficient (Wildman–Crippen LogP) is -2.52. The van der Waals surface area contributed by atoms with Crippen molar-refractivity contribution in [3.8, 4) is 0 Å². The van der Waals surface area contributed by atoms with E-state index in [1.807, 2.05) is 0 Å². The van der Waals surface area contributed by atoms with E-state index in [9.17, 15) is 36.2 Å². The maximum Gasteiger partial charge on any atom is 1.00 e. The molecule has 0 spiro atoms. The van der Waals surface area contributed by atoms with E-state index < -0.39 is 24.2 Å². The zero-order valence-corrected chi connectivity index (χ0v) is 8.16. The summed E-state index contributed by atoms with van der Waals surface area (Å²) in [5.74, 6) is -7.61. The molecule has 0 aliphatic heterocycles. The van der Waals surface area contributed by atoms with E-state index in [2.05, 4.69) is 0 Å². The summed E-state index contributed by atoms with van der Waals surface area (Å²) >= 11 is 0. The summed E-state index contributed by atoms with van der Waals surface area (Å²) in [4.78, 5) is 9.44. The molecule has 0 heterocycles. The Morgan fingerprint density at radius 1 is 1.00 bits per heavy atom. The molecule has 0 radical (unpaired) electrons. The molecule has 13 heavy (non-hydrogen) atoms. The zero-order valence-electron chi connectivity index (χ0n) is 6.16. The number of rotatable bonds is 1. The fourth-order valence-corrected chi connectivity index (χ4v) is 0.453. The van der Waals surface area contributed by atoms with Gasteiger partial charge in [-0.3, -0.25) is 0 Å². The molecule has 0 amide bonds. The molecule has 0 atom stereocenters. The summed E-state index contributed by atoms with van der Waals surface area (Å²) in [6.45, 7) is 0. The summed E-state index contributed by atoms with van der Waals surface area (Å²) in [6.07, 6.45) is -11.7. The Morgan fingerprint density at radius 3 is 1.23 bits per heavy atom. The van der Waals surface area contributed by atoms with Gasteiger partial charge < -0.3 is 9.90 Å². The van der Waals surface area contributed by atoms with Crippen molar-refractivity contribution in [2.75, 3.05) is 0 Å². The number of hydrogen-bond acceptors (Lipinski definition) is 2. The van der Waals surface area contributed by atoms with Crippen molar-refractivity contribution >= 4 is 5.97 Å². The van der Waals surface area contributed by atoms with Gasteiger partial charge in [0, 0.05) is 0 Å². The number of carboxylic acid groups (broad SMARTS) is 1. The van der Waals surface area contributed by atoms with Crippen molar-refractivity contribution in [3.63, 3.8) is 0 Å². The van der Waals surface area contributed by atoms with Crippen LogP contribution in [0.3, 0.4) is 0 Å². The third kappa shape index (κ3) is 4.72. The Balaban J connectivity index is 0. The minimum absolute atomic E-state index is 0. The minimum atomic E-state index is -5.86. The summed E-state index contributed by atoms with van der Waals surface area (Å²) < 4.78 is 68.0. The number of carboxylic acids is 1. The standard InChI is InChI=1S/C4H2F6O2.Na/c5-3(6,7)1(2(11)12)4(8,9)10;/h1H,(H,11,12);/q;+1/p-1. The Morgan fingerprint density at radius 2 is 1.23 bits per heavy atom. The average Bonchev–Trinajstić information content (AvgIpc) is 1.49. The molecular weight excluding hydrogens is 217 g/mol. The van der Waals surface area contributed by atoms with Gasteiger partial charge in [0.1, 0.15) is 0 Å². The Hall–Kier alpha value is 0.0500. The third-order valence-corrected chi connectivity index (χ3v) is 0.890. The summed E-state index contributed by atoms with van der Waals surface area (Å²) in [5, 5.41) is 9.44. The first kappa shape index (κ1) is 15.5. The van der Waals surface area contributed by atoms with Crippen molar-refractivity contribution < 1.29 is 65.8 Å². The van der Waals surface area contributed by atoms with E-state index >= 15 is 0 Å². The van der Waals surface area contributed by atoms with Crippen molar-refractivity contribution in [2.45, 2.75) is 12.4 Å². The molecule has 0 rings (SSSR count). The maximum atomic E-state index is 11.3. The molecule has 0 bridgehead atoms. The molecule has 0 aromatic heterocycles. The van der Waals surface area contributed by atoms with E-state index in [1.54, 1.807) is 0 Å². The van der Waals surface area contributed by atoms with Gasteiger partial charge in [0.2, 0.25) is 0 Å². The number of halogens is 6.